The van der Waals surface area contributed by atoms with Crippen molar-refractivity contribution < 1.29 is 14.7 Å². The molecular formula is C12H17N3O3S. The number of nitrogens with two attached hydrogens (primary N) is 1. The Bertz CT molecular complexity index is 511. The SMILES string of the molecule is C[C@@H](O)CNC(=O)Nc1sc2c(c1C(N)=O)CCC2. The van der Waals surface area contributed by atoms with Gasteiger partial charge in [-0.25, -0.2) is 4.79 Å². The van der Waals surface area contributed by atoms with Gasteiger partial charge in [0.15, 0.2) is 0 Å². The standard InChI is InChI=1S/C12H17N3O3S/c1-6(16)5-14-12(18)15-11-9(10(13)17)7-3-2-4-8(7)19-11/h6,16H,2-5H2,1H3,(H2,13,17)(H2,14,15,18)/t6-/m1/s1. The zero-order valence-corrected chi connectivity index (χ0v) is 11.5. The molecule has 2 rings (SSSR count). The van der Waals surface area contributed by atoms with E-state index < -0.39 is 18.0 Å². The zero-order chi connectivity index (χ0) is 14.0. The second-order valence-electron chi connectivity index (χ2n) is 4.61. The van der Waals surface area contributed by atoms with Gasteiger partial charge in [-0.15, -0.1) is 11.3 Å². The fourth-order valence-electron chi connectivity index (χ4n) is 2.14. The number of aliphatic hydroxyl groups excluding tert-OH is 1. The van der Waals surface area contributed by atoms with E-state index in [-0.39, 0.29) is 6.54 Å². The highest BCUT2D eigenvalue weighted by molar-refractivity contribution is 7.17. The lowest BCUT2D eigenvalue weighted by molar-refractivity contribution is 0.100. The fraction of sp³-hybridized carbons (Fsp3) is 0.500. The lowest BCUT2D eigenvalue weighted by Gasteiger charge is -2.09. The Morgan fingerprint density at radius 3 is 2.84 bits per heavy atom. The van der Waals surface area contributed by atoms with Gasteiger partial charge in [-0.1, -0.05) is 0 Å². The molecule has 0 saturated heterocycles. The molecule has 0 fully saturated rings. The molecule has 0 saturated carbocycles. The average Bonchev–Trinajstić information content (AvgIpc) is 2.85. The number of nitrogens with one attached hydrogen (secondary N) is 2. The lowest BCUT2D eigenvalue weighted by atomic mass is 10.1. The first-order chi connectivity index (χ1) is 8.99. The van der Waals surface area contributed by atoms with Crippen LogP contribution in [0.25, 0.3) is 0 Å². The van der Waals surface area contributed by atoms with E-state index in [0.29, 0.717) is 10.6 Å². The molecule has 0 bridgehead atoms. The number of anilines is 1. The van der Waals surface area contributed by atoms with Gasteiger partial charge in [-0.3, -0.25) is 10.1 Å². The van der Waals surface area contributed by atoms with Crippen LogP contribution in [0, 0.1) is 0 Å². The van der Waals surface area contributed by atoms with E-state index >= 15 is 0 Å². The number of amides is 3. The number of aliphatic hydroxyl groups is 1. The molecule has 3 amide bonds. The van der Waals surface area contributed by atoms with Crippen LogP contribution >= 0.6 is 11.3 Å². The molecule has 1 aliphatic rings. The maximum absolute atomic E-state index is 11.6. The summed E-state index contributed by atoms with van der Waals surface area (Å²) in [5.41, 5.74) is 6.80. The van der Waals surface area contributed by atoms with E-state index in [4.69, 9.17) is 10.8 Å². The van der Waals surface area contributed by atoms with Crippen molar-refractivity contribution in [2.24, 2.45) is 5.73 Å². The smallest absolute Gasteiger partial charge is 0.319 e. The Hall–Kier alpha value is -1.60. The average molecular weight is 283 g/mol. The van der Waals surface area contributed by atoms with E-state index in [1.165, 1.54) is 11.3 Å². The molecule has 0 aromatic carbocycles. The summed E-state index contributed by atoms with van der Waals surface area (Å²) < 4.78 is 0. The molecule has 5 N–H and O–H groups in total. The van der Waals surface area contributed by atoms with Crippen LogP contribution < -0.4 is 16.4 Å². The van der Waals surface area contributed by atoms with Crippen LogP contribution in [-0.4, -0.2) is 29.7 Å². The molecule has 0 radical (unpaired) electrons. The van der Waals surface area contributed by atoms with Gasteiger partial charge in [0.05, 0.1) is 11.7 Å². The normalized spacial score (nSPS) is 14.8. The van der Waals surface area contributed by atoms with Gasteiger partial charge in [-0.2, -0.15) is 0 Å². The Labute approximate surface area is 115 Å². The number of carbonyl (C=O) groups excluding carboxylic acids is 2. The van der Waals surface area contributed by atoms with Crippen LogP contribution in [0.3, 0.4) is 0 Å². The summed E-state index contributed by atoms with van der Waals surface area (Å²) in [6.07, 6.45) is 2.17. The molecule has 0 aliphatic heterocycles. The third-order valence-electron chi connectivity index (χ3n) is 2.95. The van der Waals surface area contributed by atoms with Crippen LogP contribution in [0.2, 0.25) is 0 Å². The highest BCUT2D eigenvalue weighted by Gasteiger charge is 2.26. The molecule has 7 heteroatoms. The van der Waals surface area contributed by atoms with Gasteiger partial charge < -0.3 is 16.2 Å². The summed E-state index contributed by atoms with van der Waals surface area (Å²) in [5, 5.41) is 14.7. The summed E-state index contributed by atoms with van der Waals surface area (Å²) in [7, 11) is 0. The monoisotopic (exact) mass is 283 g/mol. The molecule has 1 aliphatic carbocycles. The van der Waals surface area contributed by atoms with Crippen molar-refractivity contribution in [1.82, 2.24) is 5.32 Å². The topological polar surface area (TPSA) is 104 Å². The Morgan fingerprint density at radius 2 is 2.21 bits per heavy atom. The summed E-state index contributed by atoms with van der Waals surface area (Å²) >= 11 is 1.40. The number of aryl methyl sites for hydroxylation is 1. The van der Waals surface area contributed by atoms with E-state index in [1.54, 1.807) is 6.92 Å². The molecule has 1 aromatic heterocycles. The first kappa shape index (κ1) is 13.8. The van der Waals surface area contributed by atoms with Gasteiger partial charge in [0, 0.05) is 11.4 Å². The summed E-state index contributed by atoms with van der Waals surface area (Å²) in [5.74, 6) is -0.509. The lowest BCUT2D eigenvalue weighted by Crippen LogP contribution is -2.34. The fourth-order valence-corrected chi connectivity index (χ4v) is 3.43. The maximum atomic E-state index is 11.6. The Balaban J connectivity index is 2.12. The molecule has 0 unspecified atom stereocenters. The van der Waals surface area contributed by atoms with Crippen LogP contribution in [0.15, 0.2) is 0 Å². The minimum Gasteiger partial charge on any atom is -0.392 e. The summed E-state index contributed by atoms with van der Waals surface area (Å²) in [4.78, 5) is 24.3. The second kappa shape index (κ2) is 5.58. The number of rotatable bonds is 4. The molecule has 1 heterocycles. The molecular weight excluding hydrogens is 266 g/mol. The van der Waals surface area contributed by atoms with Crippen LogP contribution in [-0.2, 0) is 12.8 Å². The van der Waals surface area contributed by atoms with E-state index in [2.05, 4.69) is 10.6 Å². The van der Waals surface area contributed by atoms with E-state index in [0.717, 1.165) is 29.7 Å². The highest BCUT2D eigenvalue weighted by Crippen LogP contribution is 2.38. The van der Waals surface area contributed by atoms with Crippen molar-refractivity contribution in [1.29, 1.82) is 0 Å². The van der Waals surface area contributed by atoms with Gasteiger partial charge in [0.25, 0.3) is 5.91 Å². The molecule has 104 valence electrons. The van der Waals surface area contributed by atoms with Gasteiger partial charge in [-0.05, 0) is 31.7 Å². The number of urea groups is 1. The predicted octanol–water partition coefficient (Wildman–Crippen LogP) is 0.838. The van der Waals surface area contributed by atoms with Crippen molar-refractivity contribution in [3.05, 3.63) is 16.0 Å². The highest BCUT2D eigenvalue weighted by atomic mass is 32.1. The quantitative estimate of drug-likeness (QED) is 0.658. The molecule has 19 heavy (non-hydrogen) atoms. The molecule has 6 nitrogen and oxygen atoms in total. The predicted molar refractivity (Wildman–Crippen MR) is 73.6 cm³/mol. The third kappa shape index (κ3) is 3.05. The van der Waals surface area contributed by atoms with Crippen LogP contribution in [0.4, 0.5) is 9.80 Å². The molecule has 0 spiro atoms. The van der Waals surface area contributed by atoms with Crippen molar-refractivity contribution >= 4 is 28.3 Å². The van der Waals surface area contributed by atoms with Gasteiger partial charge >= 0.3 is 6.03 Å². The summed E-state index contributed by atoms with van der Waals surface area (Å²) in [6.45, 7) is 1.73. The van der Waals surface area contributed by atoms with Crippen LogP contribution in [0.5, 0.6) is 0 Å². The number of thiophene rings is 1. The van der Waals surface area contributed by atoms with Crippen LogP contribution in [0.1, 0.15) is 34.1 Å². The van der Waals surface area contributed by atoms with E-state index in [1.807, 2.05) is 0 Å². The van der Waals surface area contributed by atoms with Gasteiger partial charge in [0.1, 0.15) is 5.00 Å². The zero-order valence-electron chi connectivity index (χ0n) is 10.7. The van der Waals surface area contributed by atoms with Gasteiger partial charge in [0.2, 0.25) is 0 Å². The van der Waals surface area contributed by atoms with Crippen molar-refractivity contribution in [3.8, 4) is 0 Å². The largest absolute Gasteiger partial charge is 0.392 e. The minimum atomic E-state index is -0.616. The first-order valence-corrected chi connectivity index (χ1v) is 6.98. The maximum Gasteiger partial charge on any atom is 0.319 e. The molecule has 1 atom stereocenters. The molecule has 1 aromatic rings. The number of carbonyl (C=O) groups is 2. The van der Waals surface area contributed by atoms with Crippen molar-refractivity contribution in [2.45, 2.75) is 32.3 Å². The number of hydrogen-bond acceptors (Lipinski definition) is 4. The van der Waals surface area contributed by atoms with Crippen molar-refractivity contribution in [3.63, 3.8) is 0 Å². The van der Waals surface area contributed by atoms with E-state index in [9.17, 15) is 9.59 Å². The third-order valence-corrected chi connectivity index (χ3v) is 4.16. The number of hydrogen-bond donors (Lipinski definition) is 4. The Kier molecular flexibility index (Phi) is 4.06. The number of primary amides is 1. The first-order valence-electron chi connectivity index (χ1n) is 6.16. The summed E-state index contributed by atoms with van der Waals surface area (Å²) in [6, 6.07) is -0.441. The Morgan fingerprint density at radius 1 is 1.47 bits per heavy atom. The minimum absolute atomic E-state index is 0.156. The van der Waals surface area contributed by atoms with Crippen molar-refractivity contribution in [2.75, 3.05) is 11.9 Å². The second-order valence-corrected chi connectivity index (χ2v) is 5.71. The number of fused-ring (bicyclic) bond motifs is 1.